The van der Waals surface area contributed by atoms with Gasteiger partial charge in [0.2, 0.25) is 0 Å². The Hall–Kier alpha value is -1.32. The fourth-order valence-corrected chi connectivity index (χ4v) is 1.95. The molecule has 0 atom stereocenters. The maximum atomic E-state index is 5.87. The molecule has 1 aromatic carbocycles. The van der Waals surface area contributed by atoms with Crippen LogP contribution in [-0.2, 0) is 13.1 Å². The number of aromatic nitrogens is 2. The van der Waals surface area contributed by atoms with Crippen LogP contribution in [-0.4, -0.2) is 15.8 Å². The summed E-state index contributed by atoms with van der Waals surface area (Å²) < 4.78 is 1.86. The summed E-state index contributed by atoms with van der Waals surface area (Å²) in [5.74, 6) is 0. The van der Waals surface area contributed by atoms with Crippen molar-refractivity contribution in [1.29, 1.82) is 0 Å². The highest BCUT2D eigenvalue weighted by Crippen LogP contribution is 2.12. The van der Waals surface area contributed by atoms with Crippen molar-refractivity contribution >= 4 is 11.6 Å². The Bertz CT molecular complexity index is 505. The molecule has 0 radical (unpaired) electrons. The number of hydrogen-bond donors (Lipinski definition) is 1. The summed E-state index contributed by atoms with van der Waals surface area (Å²) in [7, 11) is 0. The first-order valence-electron chi connectivity index (χ1n) is 6.13. The van der Waals surface area contributed by atoms with Crippen LogP contribution in [0.4, 0.5) is 0 Å². The van der Waals surface area contributed by atoms with E-state index in [0.29, 0.717) is 11.1 Å². The van der Waals surface area contributed by atoms with Gasteiger partial charge in [-0.2, -0.15) is 5.10 Å². The molecule has 0 aliphatic rings. The van der Waals surface area contributed by atoms with E-state index < -0.39 is 0 Å². The standard InChI is InChI=1S/C14H18ClN3/c1-11(2)16-7-12-5-3-4-6-13(12)9-18-10-14(15)8-17-18/h3-6,8,10-11,16H,7,9H2,1-2H3. The first-order chi connectivity index (χ1) is 8.65. The third kappa shape index (κ3) is 3.59. The molecule has 2 aromatic rings. The van der Waals surface area contributed by atoms with Crippen molar-refractivity contribution in [2.24, 2.45) is 0 Å². The number of nitrogens with one attached hydrogen (secondary N) is 1. The third-order valence-electron chi connectivity index (χ3n) is 2.75. The highest BCUT2D eigenvalue weighted by atomic mass is 35.5. The number of halogens is 1. The van der Waals surface area contributed by atoms with Gasteiger partial charge in [0.25, 0.3) is 0 Å². The summed E-state index contributed by atoms with van der Waals surface area (Å²) in [6, 6.07) is 8.89. The predicted molar refractivity (Wildman–Crippen MR) is 74.8 cm³/mol. The molecule has 0 aliphatic carbocycles. The van der Waals surface area contributed by atoms with Crippen molar-refractivity contribution in [3.8, 4) is 0 Å². The molecule has 1 N–H and O–H groups in total. The van der Waals surface area contributed by atoms with Gasteiger partial charge < -0.3 is 5.32 Å². The lowest BCUT2D eigenvalue weighted by Gasteiger charge is -2.12. The van der Waals surface area contributed by atoms with E-state index in [1.165, 1.54) is 11.1 Å². The van der Waals surface area contributed by atoms with Crippen molar-refractivity contribution in [2.75, 3.05) is 0 Å². The van der Waals surface area contributed by atoms with E-state index in [1.807, 2.05) is 10.9 Å². The molecule has 4 heteroatoms. The van der Waals surface area contributed by atoms with Crippen LogP contribution in [0.25, 0.3) is 0 Å². The van der Waals surface area contributed by atoms with Gasteiger partial charge in [-0.15, -0.1) is 0 Å². The molecule has 0 spiro atoms. The van der Waals surface area contributed by atoms with Gasteiger partial charge in [0.1, 0.15) is 0 Å². The maximum Gasteiger partial charge on any atom is 0.0785 e. The van der Waals surface area contributed by atoms with E-state index in [2.05, 4.69) is 48.5 Å². The van der Waals surface area contributed by atoms with Crippen LogP contribution in [0.1, 0.15) is 25.0 Å². The molecule has 0 unspecified atom stereocenters. The lowest BCUT2D eigenvalue weighted by molar-refractivity contribution is 0.582. The first kappa shape index (κ1) is 13.1. The molecule has 0 fully saturated rings. The Labute approximate surface area is 113 Å². The average molecular weight is 264 g/mol. The molecule has 0 amide bonds. The van der Waals surface area contributed by atoms with E-state index in [-0.39, 0.29) is 0 Å². The summed E-state index contributed by atoms with van der Waals surface area (Å²) in [5.41, 5.74) is 2.57. The minimum Gasteiger partial charge on any atom is -0.310 e. The molecular weight excluding hydrogens is 246 g/mol. The van der Waals surface area contributed by atoms with Crippen molar-refractivity contribution in [1.82, 2.24) is 15.1 Å². The van der Waals surface area contributed by atoms with E-state index in [9.17, 15) is 0 Å². The van der Waals surface area contributed by atoms with E-state index in [4.69, 9.17) is 11.6 Å². The van der Waals surface area contributed by atoms with Gasteiger partial charge in [-0.25, -0.2) is 0 Å². The second-order valence-electron chi connectivity index (χ2n) is 4.66. The van der Waals surface area contributed by atoms with E-state index in [0.717, 1.165) is 13.1 Å². The first-order valence-corrected chi connectivity index (χ1v) is 6.51. The number of rotatable bonds is 5. The lowest BCUT2D eigenvalue weighted by atomic mass is 10.1. The predicted octanol–water partition coefficient (Wildman–Crippen LogP) is 3.08. The van der Waals surface area contributed by atoms with Gasteiger partial charge in [-0.3, -0.25) is 4.68 Å². The SMILES string of the molecule is CC(C)NCc1ccccc1Cn1cc(Cl)cn1. The third-order valence-corrected chi connectivity index (χ3v) is 2.95. The van der Waals surface area contributed by atoms with Crippen LogP contribution in [0.5, 0.6) is 0 Å². The summed E-state index contributed by atoms with van der Waals surface area (Å²) in [6.45, 7) is 5.93. The second kappa shape index (κ2) is 6.03. The van der Waals surface area contributed by atoms with Crippen LogP contribution < -0.4 is 5.32 Å². The molecule has 1 aromatic heterocycles. The Morgan fingerprint density at radius 3 is 2.61 bits per heavy atom. The van der Waals surface area contributed by atoms with Crippen molar-refractivity contribution in [3.63, 3.8) is 0 Å². The summed E-state index contributed by atoms with van der Waals surface area (Å²) in [4.78, 5) is 0. The zero-order chi connectivity index (χ0) is 13.0. The molecule has 0 aliphatic heterocycles. The van der Waals surface area contributed by atoms with Crippen molar-refractivity contribution in [3.05, 3.63) is 52.8 Å². The summed E-state index contributed by atoms with van der Waals surface area (Å²) in [6.07, 6.45) is 3.50. The molecule has 0 saturated heterocycles. The summed E-state index contributed by atoms with van der Waals surface area (Å²) >= 11 is 5.87. The Morgan fingerprint density at radius 1 is 1.28 bits per heavy atom. The molecule has 3 nitrogen and oxygen atoms in total. The molecule has 1 heterocycles. The van der Waals surface area contributed by atoms with Crippen LogP contribution >= 0.6 is 11.6 Å². The molecule has 0 saturated carbocycles. The largest absolute Gasteiger partial charge is 0.310 e. The molecule has 96 valence electrons. The molecular formula is C14H18ClN3. The molecule has 0 bridgehead atoms. The number of hydrogen-bond acceptors (Lipinski definition) is 2. The second-order valence-corrected chi connectivity index (χ2v) is 5.10. The van der Waals surface area contributed by atoms with Gasteiger partial charge in [0, 0.05) is 18.8 Å². The van der Waals surface area contributed by atoms with Gasteiger partial charge >= 0.3 is 0 Å². The van der Waals surface area contributed by atoms with Crippen molar-refractivity contribution < 1.29 is 0 Å². The van der Waals surface area contributed by atoms with E-state index >= 15 is 0 Å². The van der Waals surface area contributed by atoms with Crippen LogP contribution in [0.3, 0.4) is 0 Å². The fraction of sp³-hybridized carbons (Fsp3) is 0.357. The monoisotopic (exact) mass is 263 g/mol. The van der Waals surface area contributed by atoms with Gasteiger partial charge in [-0.1, -0.05) is 49.7 Å². The lowest BCUT2D eigenvalue weighted by Crippen LogP contribution is -2.22. The number of nitrogens with zero attached hydrogens (tertiary/aromatic N) is 2. The summed E-state index contributed by atoms with van der Waals surface area (Å²) in [5, 5.41) is 8.32. The topological polar surface area (TPSA) is 29.9 Å². The zero-order valence-corrected chi connectivity index (χ0v) is 11.5. The minimum absolute atomic E-state index is 0.484. The highest BCUT2D eigenvalue weighted by Gasteiger charge is 2.04. The van der Waals surface area contributed by atoms with Gasteiger partial charge in [0.15, 0.2) is 0 Å². The Balaban J connectivity index is 2.11. The van der Waals surface area contributed by atoms with Gasteiger partial charge in [0.05, 0.1) is 17.8 Å². The van der Waals surface area contributed by atoms with E-state index in [1.54, 1.807) is 6.20 Å². The van der Waals surface area contributed by atoms with Crippen LogP contribution in [0.15, 0.2) is 36.7 Å². The molecule has 18 heavy (non-hydrogen) atoms. The maximum absolute atomic E-state index is 5.87. The quantitative estimate of drug-likeness (QED) is 0.899. The van der Waals surface area contributed by atoms with Crippen LogP contribution in [0.2, 0.25) is 5.02 Å². The van der Waals surface area contributed by atoms with Gasteiger partial charge in [-0.05, 0) is 11.1 Å². The number of benzene rings is 1. The normalized spacial score (nSPS) is 11.1. The molecule has 2 rings (SSSR count). The Kier molecular flexibility index (Phi) is 4.39. The Morgan fingerprint density at radius 2 is 2.00 bits per heavy atom. The average Bonchev–Trinajstić information content (AvgIpc) is 2.73. The fourth-order valence-electron chi connectivity index (χ4n) is 1.80. The zero-order valence-electron chi connectivity index (χ0n) is 10.7. The highest BCUT2D eigenvalue weighted by molar-refractivity contribution is 6.30. The smallest absolute Gasteiger partial charge is 0.0785 e. The van der Waals surface area contributed by atoms with Crippen LogP contribution in [0, 0.1) is 0 Å². The van der Waals surface area contributed by atoms with Crippen molar-refractivity contribution in [2.45, 2.75) is 33.0 Å². The minimum atomic E-state index is 0.484.